The minimum Gasteiger partial charge on any atom is -0.348 e. The van der Waals surface area contributed by atoms with Gasteiger partial charge in [0, 0.05) is 19.6 Å². The first-order valence-corrected chi connectivity index (χ1v) is 6.37. The van der Waals surface area contributed by atoms with Crippen molar-refractivity contribution in [3.05, 3.63) is 30.3 Å². The molecule has 0 saturated carbocycles. The molecular formula is C13H18N4O2. The van der Waals surface area contributed by atoms with Crippen molar-refractivity contribution in [2.75, 3.05) is 31.6 Å². The third kappa shape index (κ3) is 4.97. The standard InChI is InChI=1S/C13H18N4O2/c18-12(14-7-4-8-17-9-10-17)13(19)16-15-11-5-2-1-3-6-11/h1-3,5-6,15H,4,7-10H2,(H,14,18)(H,16,19). The molecule has 2 amide bonds. The van der Waals surface area contributed by atoms with E-state index in [2.05, 4.69) is 21.1 Å². The topological polar surface area (TPSA) is 73.2 Å². The molecule has 1 aliphatic heterocycles. The lowest BCUT2D eigenvalue weighted by atomic mass is 10.3. The molecule has 0 atom stereocenters. The Hall–Kier alpha value is -2.08. The molecule has 0 aromatic heterocycles. The molecule has 2 rings (SSSR count). The normalized spacial score (nSPS) is 13.7. The quantitative estimate of drug-likeness (QED) is 0.291. The molecule has 6 heteroatoms. The zero-order valence-electron chi connectivity index (χ0n) is 10.7. The van der Waals surface area contributed by atoms with Crippen LogP contribution in [-0.2, 0) is 9.59 Å². The summed E-state index contributed by atoms with van der Waals surface area (Å²) in [5.74, 6) is -1.30. The predicted molar refractivity (Wildman–Crippen MR) is 72.3 cm³/mol. The summed E-state index contributed by atoms with van der Waals surface area (Å²) in [7, 11) is 0. The molecule has 1 heterocycles. The van der Waals surface area contributed by atoms with Gasteiger partial charge in [0.2, 0.25) is 0 Å². The molecular weight excluding hydrogens is 244 g/mol. The Morgan fingerprint density at radius 3 is 2.53 bits per heavy atom. The number of hydrazine groups is 1. The molecule has 102 valence electrons. The van der Waals surface area contributed by atoms with Gasteiger partial charge in [-0.2, -0.15) is 0 Å². The second-order valence-corrected chi connectivity index (χ2v) is 4.40. The maximum Gasteiger partial charge on any atom is 0.327 e. The second-order valence-electron chi connectivity index (χ2n) is 4.40. The SMILES string of the molecule is O=C(NCCCN1CC1)C(=O)NNc1ccccc1. The van der Waals surface area contributed by atoms with Gasteiger partial charge in [-0.15, -0.1) is 0 Å². The number of rotatable bonds is 6. The average Bonchev–Trinajstić information content (AvgIpc) is 3.26. The Bertz CT molecular complexity index is 432. The van der Waals surface area contributed by atoms with Gasteiger partial charge >= 0.3 is 11.8 Å². The van der Waals surface area contributed by atoms with Crippen LogP contribution in [-0.4, -0.2) is 42.9 Å². The number of hydrogen-bond donors (Lipinski definition) is 3. The number of carbonyl (C=O) groups is 2. The first-order chi connectivity index (χ1) is 9.25. The van der Waals surface area contributed by atoms with Gasteiger partial charge in [0.25, 0.3) is 0 Å². The van der Waals surface area contributed by atoms with Crippen LogP contribution in [0.5, 0.6) is 0 Å². The van der Waals surface area contributed by atoms with E-state index in [4.69, 9.17) is 0 Å². The van der Waals surface area contributed by atoms with Gasteiger partial charge < -0.3 is 10.2 Å². The van der Waals surface area contributed by atoms with E-state index in [0.717, 1.165) is 31.7 Å². The Kier molecular flexibility index (Phi) is 4.74. The van der Waals surface area contributed by atoms with Crippen molar-refractivity contribution >= 4 is 17.5 Å². The lowest BCUT2D eigenvalue weighted by Gasteiger charge is -2.08. The molecule has 0 aliphatic carbocycles. The highest BCUT2D eigenvalue weighted by Crippen LogP contribution is 2.03. The fourth-order valence-electron chi connectivity index (χ4n) is 1.59. The third-order valence-electron chi connectivity index (χ3n) is 2.78. The van der Waals surface area contributed by atoms with Crippen LogP contribution in [0.3, 0.4) is 0 Å². The minimum atomic E-state index is -0.685. The van der Waals surface area contributed by atoms with Gasteiger partial charge in [-0.25, -0.2) is 0 Å². The summed E-state index contributed by atoms with van der Waals surface area (Å²) in [4.78, 5) is 25.2. The molecule has 19 heavy (non-hydrogen) atoms. The number of carbonyl (C=O) groups excluding carboxylic acids is 2. The van der Waals surface area contributed by atoms with Gasteiger partial charge in [0.15, 0.2) is 0 Å². The minimum absolute atomic E-state index is 0.522. The van der Waals surface area contributed by atoms with Crippen LogP contribution in [0.1, 0.15) is 6.42 Å². The fourth-order valence-corrected chi connectivity index (χ4v) is 1.59. The predicted octanol–water partition coefficient (Wildman–Crippen LogP) is -0.0484. The molecule has 0 radical (unpaired) electrons. The second kappa shape index (κ2) is 6.75. The Morgan fingerprint density at radius 2 is 1.84 bits per heavy atom. The summed E-state index contributed by atoms with van der Waals surface area (Å²) < 4.78 is 0. The van der Waals surface area contributed by atoms with Crippen molar-refractivity contribution in [2.24, 2.45) is 0 Å². The van der Waals surface area contributed by atoms with Crippen LogP contribution in [0.25, 0.3) is 0 Å². The lowest BCUT2D eigenvalue weighted by molar-refractivity contribution is -0.138. The molecule has 1 saturated heterocycles. The first-order valence-electron chi connectivity index (χ1n) is 6.37. The van der Waals surface area contributed by atoms with E-state index in [1.807, 2.05) is 18.2 Å². The summed E-state index contributed by atoms with van der Waals surface area (Å²) in [5.41, 5.74) is 5.75. The maximum atomic E-state index is 11.5. The van der Waals surface area contributed by atoms with Crippen LogP contribution in [0.2, 0.25) is 0 Å². The van der Waals surface area contributed by atoms with E-state index in [0.29, 0.717) is 6.54 Å². The molecule has 1 aromatic carbocycles. The molecule has 6 nitrogen and oxygen atoms in total. The zero-order valence-corrected chi connectivity index (χ0v) is 10.7. The number of benzene rings is 1. The van der Waals surface area contributed by atoms with E-state index in [1.54, 1.807) is 12.1 Å². The smallest absolute Gasteiger partial charge is 0.327 e. The molecule has 1 aliphatic rings. The molecule has 0 unspecified atom stereocenters. The number of hydrogen-bond acceptors (Lipinski definition) is 4. The molecule has 3 N–H and O–H groups in total. The Balaban J connectivity index is 1.60. The highest BCUT2D eigenvalue weighted by atomic mass is 16.2. The highest BCUT2D eigenvalue weighted by molar-refractivity contribution is 6.35. The molecule has 1 aromatic rings. The third-order valence-corrected chi connectivity index (χ3v) is 2.78. The van der Waals surface area contributed by atoms with Gasteiger partial charge in [0.1, 0.15) is 0 Å². The molecule has 0 spiro atoms. The number of para-hydroxylation sites is 1. The van der Waals surface area contributed by atoms with Gasteiger partial charge in [-0.3, -0.25) is 20.4 Å². The summed E-state index contributed by atoms with van der Waals surface area (Å²) in [6.07, 6.45) is 0.866. The van der Waals surface area contributed by atoms with Crippen LogP contribution in [0.4, 0.5) is 5.69 Å². The van der Waals surface area contributed by atoms with Crippen molar-refractivity contribution in [1.29, 1.82) is 0 Å². The van der Waals surface area contributed by atoms with Gasteiger partial charge in [0.05, 0.1) is 5.69 Å². The number of nitrogens with one attached hydrogen (secondary N) is 3. The van der Waals surface area contributed by atoms with Crippen LogP contribution in [0, 0.1) is 0 Å². The van der Waals surface area contributed by atoms with Crippen LogP contribution in [0.15, 0.2) is 30.3 Å². The van der Waals surface area contributed by atoms with E-state index < -0.39 is 11.8 Å². The van der Waals surface area contributed by atoms with Crippen molar-refractivity contribution in [1.82, 2.24) is 15.6 Å². The highest BCUT2D eigenvalue weighted by Gasteiger charge is 2.16. The van der Waals surface area contributed by atoms with Crippen LogP contribution < -0.4 is 16.2 Å². The molecule has 1 fully saturated rings. The Morgan fingerprint density at radius 1 is 1.11 bits per heavy atom. The van der Waals surface area contributed by atoms with Gasteiger partial charge in [-0.1, -0.05) is 18.2 Å². The number of amides is 2. The summed E-state index contributed by atoms with van der Waals surface area (Å²) >= 11 is 0. The van der Waals surface area contributed by atoms with E-state index in [1.165, 1.54) is 0 Å². The van der Waals surface area contributed by atoms with E-state index >= 15 is 0 Å². The largest absolute Gasteiger partial charge is 0.348 e. The van der Waals surface area contributed by atoms with Crippen molar-refractivity contribution in [3.8, 4) is 0 Å². The lowest BCUT2D eigenvalue weighted by Crippen LogP contribution is -2.42. The van der Waals surface area contributed by atoms with Crippen molar-refractivity contribution < 1.29 is 9.59 Å². The van der Waals surface area contributed by atoms with E-state index in [9.17, 15) is 9.59 Å². The van der Waals surface area contributed by atoms with Crippen molar-refractivity contribution in [2.45, 2.75) is 6.42 Å². The zero-order chi connectivity index (χ0) is 13.5. The summed E-state index contributed by atoms with van der Waals surface area (Å²) in [5, 5.41) is 2.58. The average molecular weight is 262 g/mol. The maximum absolute atomic E-state index is 11.5. The van der Waals surface area contributed by atoms with Gasteiger partial charge in [-0.05, 0) is 25.1 Å². The van der Waals surface area contributed by atoms with E-state index in [-0.39, 0.29) is 0 Å². The summed E-state index contributed by atoms with van der Waals surface area (Å²) in [6.45, 7) is 3.79. The fraction of sp³-hybridized carbons (Fsp3) is 0.385. The first kappa shape index (κ1) is 13.4. The van der Waals surface area contributed by atoms with Crippen LogP contribution >= 0.6 is 0 Å². The Labute approximate surface area is 112 Å². The molecule has 0 bridgehead atoms. The monoisotopic (exact) mass is 262 g/mol. The number of nitrogens with zero attached hydrogens (tertiary/aromatic N) is 1. The van der Waals surface area contributed by atoms with Crippen molar-refractivity contribution in [3.63, 3.8) is 0 Å². The number of anilines is 1. The summed E-state index contributed by atoms with van der Waals surface area (Å²) in [6, 6.07) is 9.13.